The second-order valence-electron chi connectivity index (χ2n) is 12.5. The van der Waals surface area contributed by atoms with Gasteiger partial charge in [-0.05, 0) is 56.9 Å². The van der Waals surface area contributed by atoms with Gasteiger partial charge in [0.25, 0.3) is 5.91 Å². The molecule has 238 valence electrons. The van der Waals surface area contributed by atoms with Crippen LogP contribution in [0.3, 0.4) is 0 Å². The number of rotatable bonds is 11. The Morgan fingerprint density at radius 1 is 0.826 bits per heavy atom. The van der Waals surface area contributed by atoms with Crippen molar-refractivity contribution in [2.75, 3.05) is 11.5 Å². The van der Waals surface area contributed by atoms with E-state index in [1.54, 1.807) is 6.92 Å². The highest BCUT2D eigenvalue weighted by Crippen LogP contribution is 2.55. The number of nitrogens with one attached hydrogen (secondary N) is 1. The summed E-state index contributed by atoms with van der Waals surface area (Å²) in [7, 11) is -1.72. The third kappa shape index (κ3) is 5.41. The summed E-state index contributed by atoms with van der Waals surface area (Å²) in [5.74, 6) is -1.70. The first-order chi connectivity index (χ1) is 22.0. The van der Waals surface area contributed by atoms with E-state index < -0.39 is 38.7 Å². The number of hydrogen-bond acceptors (Lipinski definition) is 4. The van der Waals surface area contributed by atoms with Crippen molar-refractivity contribution < 1.29 is 18.5 Å². The molecule has 4 aromatic rings. The van der Waals surface area contributed by atoms with Crippen molar-refractivity contribution in [2.24, 2.45) is 5.92 Å². The number of esters is 1. The highest BCUT2D eigenvalue weighted by Gasteiger charge is 2.62. The highest BCUT2D eigenvalue weighted by atomic mass is 32.2. The van der Waals surface area contributed by atoms with E-state index >= 15 is 4.79 Å². The normalized spacial score (nSPS) is 17.7. The molecule has 6 nitrogen and oxygen atoms in total. The first-order valence-corrected chi connectivity index (χ1v) is 16.9. The van der Waals surface area contributed by atoms with E-state index in [1.807, 2.05) is 148 Å². The topological polar surface area (TPSA) is 75.7 Å². The molecule has 5 rings (SSSR count). The molecule has 1 aliphatic rings. The van der Waals surface area contributed by atoms with Gasteiger partial charge in [0.15, 0.2) is 0 Å². The van der Waals surface area contributed by atoms with Crippen LogP contribution >= 0.6 is 0 Å². The largest absolute Gasteiger partial charge is 0.463 e. The van der Waals surface area contributed by atoms with Crippen molar-refractivity contribution in [3.63, 3.8) is 0 Å². The van der Waals surface area contributed by atoms with Crippen LogP contribution in [0.2, 0.25) is 0 Å². The molecule has 0 radical (unpaired) electrons. The zero-order valence-corrected chi connectivity index (χ0v) is 28.0. The predicted octanol–water partition coefficient (Wildman–Crippen LogP) is 7.42. The Bertz CT molecular complexity index is 1640. The van der Waals surface area contributed by atoms with E-state index in [2.05, 4.69) is 11.3 Å². The Balaban J connectivity index is 1.92. The van der Waals surface area contributed by atoms with Crippen LogP contribution in [0, 0.1) is 5.92 Å². The minimum Gasteiger partial charge on any atom is -0.463 e. The van der Waals surface area contributed by atoms with Gasteiger partial charge in [-0.2, -0.15) is 0 Å². The number of benzene rings is 4. The number of fused-ring (bicyclic) bond motifs is 1. The van der Waals surface area contributed by atoms with Crippen LogP contribution in [0.1, 0.15) is 63.3 Å². The molecular weight excluding hydrogens is 593 g/mol. The second kappa shape index (κ2) is 13.2. The lowest BCUT2D eigenvalue weighted by Gasteiger charge is -2.46. The second-order valence-corrected chi connectivity index (χ2v) is 14.4. The quantitative estimate of drug-likeness (QED) is 0.106. The molecule has 0 bridgehead atoms. The van der Waals surface area contributed by atoms with Crippen molar-refractivity contribution >= 4 is 28.5 Å². The fourth-order valence-electron chi connectivity index (χ4n) is 6.65. The van der Waals surface area contributed by atoms with Crippen molar-refractivity contribution in [3.05, 3.63) is 150 Å². The molecule has 1 aliphatic heterocycles. The minimum absolute atomic E-state index is 0.150. The van der Waals surface area contributed by atoms with Crippen LogP contribution in [0.4, 0.5) is 5.69 Å². The Hall–Kier alpha value is -4.33. The van der Waals surface area contributed by atoms with Gasteiger partial charge in [-0.15, -0.1) is 0 Å². The lowest BCUT2D eigenvalue weighted by atomic mass is 9.73. The van der Waals surface area contributed by atoms with Gasteiger partial charge in [-0.3, -0.25) is 9.69 Å². The molecule has 0 aromatic heterocycles. The van der Waals surface area contributed by atoms with Crippen LogP contribution in [-0.2, 0) is 36.4 Å². The van der Waals surface area contributed by atoms with Gasteiger partial charge in [0.2, 0.25) is 0 Å². The van der Waals surface area contributed by atoms with E-state index in [0.717, 1.165) is 16.7 Å². The minimum atomic E-state index is -1.72. The molecule has 1 unspecified atom stereocenters. The molecule has 1 amide bonds. The molecule has 4 aromatic carbocycles. The molecule has 0 aliphatic carbocycles. The third-order valence-corrected chi connectivity index (χ3v) is 10.3. The number of para-hydroxylation sites is 1. The number of anilines is 1. The summed E-state index contributed by atoms with van der Waals surface area (Å²) < 4.78 is 22.2. The molecule has 0 saturated carbocycles. The molecular formula is C39H42N2O4S. The number of amides is 1. The number of nitrogens with zero attached hydrogens (tertiary/aromatic N) is 1. The number of carbonyl (C=O) groups is 2. The highest BCUT2D eigenvalue weighted by molar-refractivity contribution is 7.84. The maximum Gasteiger partial charge on any atom is 0.333 e. The molecule has 0 spiro atoms. The molecule has 46 heavy (non-hydrogen) atoms. The maximum absolute atomic E-state index is 15.9. The average Bonchev–Trinajstić information content (AvgIpc) is 3.31. The average molecular weight is 635 g/mol. The van der Waals surface area contributed by atoms with Gasteiger partial charge in [0.05, 0.1) is 28.0 Å². The van der Waals surface area contributed by atoms with E-state index in [9.17, 15) is 9.00 Å². The van der Waals surface area contributed by atoms with Crippen LogP contribution < -0.4 is 9.62 Å². The van der Waals surface area contributed by atoms with Gasteiger partial charge in [-0.25, -0.2) is 13.7 Å². The lowest BCUT2D eigenvalue weighted by molar-refractivity contribution is -0.139. The SMILES string of the molecule is C=C(C(=O)OCC)[C@H](CC)[C@@]1(NS(=O)C(C)(C)C)C(=O)N(C(c2ccccc2)(c2ccccc2)c2ccccc2)c2ccccc21. The van der Waals surface area contributed by atoms with E-state index in [-0.39, 0.29) is 18.1 Å². The molecule has 1 N–H and O–H groups in total. The van der Waals surface area contributed by atoms with Crippen molar-refractivity contribution in [3.8, 4) is 0 Å². The van der Waals surface area contributed by atoms with Gasteiger partial charge in [0.1, 0.15) is 11.1 Å². The van der Waals surface area contributed by atoms with Crippen LogP contribution in [0.25, 0.3) is 0 Å². The molecule has 1 heterocycles. The van der Waals surface area contributed by atoms with Crippen LogP contribution in [-0.4, -0.2) is 27.4 Å². The van der Waals surface area contributed by atoms with E-state index in [0.29, 0.717) is 17.7 Å². The summed E-state index contributed by atoms with van der Waals surface area (Å²) >= 11 is 0. The van der Waals surface area contributed by atoms with E-state index in [4.69, 9.17) is 4.74 Å². The van der Waals surface area contributed by atoms with E-state index in [1.165, 1.54) is 0 Å². The summed E-state index contributed by atoms with van der Waals surface area (Å²) in [6, 6.07) is 37.5. The smallest absolute Gasteiger partial charge is 0.333 e. The Kier molecular flexibility index (Phi) is 9.47. The standard InChI is InChI=1S/C39H42N2O4S/c1-7-32(28(3)35(42)45-8-2)38(40-46(44)37(4,5)6)33-26-18-19-27-34(33)41(36(38)43)39(29-20-12-9-13-21-29,30-22-14-10-15-23-30)31-24-16-11-17-25-31/h9-27,32,40H,3,7-8H2,1-2,4-6H3/t32-,38-,46?/m0/s1. The molecule has 7 heteroatoms. The number of hydrogen-bond donors (Lipinski definition) is 1. The fraction of sp³-hybridized carbons (Fsp3) is 0.282. The van der Waals surface area contributed by atoms with Crippen molar-refractivity contribution in [2.45, 2.75) is 56.9 Å². The number of ether oxygens (including phenoxy) is 1. The molecule has 3 atom stereocenters. The summed E-state index contributed by atoms with van der Waals surface area (Å²) in [5.41, 5.74) is 1.29. The predicted molar refractivity (Wildman–Crippen MR) is 185 cm³/mol. The molecule has 0 fully saturated rings. The Morgan fingerprint density at radius 2 is 1.28 bits per heavy atom. The van der Waals surface area contributed by atoms with Crippen molar-refractivity contribution in [1.82, 2.24) is 4.72 Å². The van der Waals surface area contributed by atoms with Crippen LogP contribution in [0.5, 0.6) is 0 Å². The zero-order chi connectivity index (χ0) is 33.1. The first-order valence-electron chi connectivity index (χ1n) is 15.7. The van der Waals surface area contributed by atoms with Gasteiger partial charge >= 0.3 is 5.97 Å². The van der Waals surface area contributed by atoms with Gasteiger partial charge in [0, 0.05) is 17.1 Å². The Labute approximate surface area is 275 Å². The maximum atomic E-state index is 15.9. The van der Waals surface area contributed by atoms with Crippen molar-refractivity contribution in [1.29, 1.82) is 0 Å². The zero-order valence-electron chi connectivity index (χ0n) is 27.2. The molecule has 0 saturated heterocycles. The lowest BCUT2D eigenvalue weighted by Crippen LogP contribution is -2.62. The van der Waals surface area contributed by atoms with Gasteiger partial charge in [-0.1, -0.05) is 123 Å². The third-order valence-electron chi connectivity index (χ3n) is 8.72. The summed E-state index contributed by atoms with van der Waals surface area (Å²) in [6.45, 7) is 13.6. The van der Waals surface area contributed by atoms with Crippen LogP contribution in [0.15, 0.2) is 127 Å². The summed E-state index contributed by atoms with van der Waals surface area (Å²) in [4.78, 5) is 31.1. The summed E-state index contributed by atoms with van der Waals surface area (Å²) in [6.07, 6.45) is 0.356. The monoisotopic (exact) mass is 634 g/mol. The fourth-order valence-corrected chi connectivity index (χ4v) is 7.59. The van der Waals surface area contributed by atoms with Gasteiger partial charge < -0.3 is 4.74 Å². The summed E-state index contributed by atoms with van der Waals surface area (Å²) in [5, 5.41) is 0. The number of carbonyl (C=O) groups excluding carboxylic acids is 2. The first kappa shape index (κ1) is 33.0. The Morgan fingerprint density at radius 3 is 1.72 bits per heavy atom.